The van der Waals surface area contributed by atoms with E-state index in [4.69, 9.17) is 10.5 Å². The van der Waals surface area contributed by atoms with Crippen molar-refractivity contribution in [1.29, 1.82) is 0 Å². The van der Waals surface area contributed by atoms with Crippen LogP contribution in [0.5, 0.6) is 0 Å². The Labute approximate surface area is 78.7 Å². The number of ether oxygens (including phenoxy) is 1. The molecule has 0 aromatic heterocycles. The average molecular weight is 177 g/mol. The molecule has 2 nitrogen and oxygen atoms in total. The van der Waals surface area contributed by atoms with Crippen LogP contribution in [-0.4, -0.2) is 6.54 Å². The molecular weight excluding hydrogens is 162 g/mol. The van der Waals surface area contributed by atoms with Crippen LogP contribution in [-0.2, 0) is 17.8 Å². The number of nitrogens with two attached hydrogens (primary N) is 1. The maximum atomic E-state index is 5.57. The smallest absolute Gasteiger partial charge is 0.0805 e. The fraction of sp³-hybridized carbons (Fsp3) is 0.455. The van der Waals surface area contributed by atoms with E-state index < -0.39 is 0 Å². The Morgan fingerprint density at radius 3 is 3.15 bits per heavy atom. The van der Waals surface area contributed by atoms with E-state index in [1.54, 1.807) is 0 Å². The van der Waals surface area contributed by atoms with Gasteiger partial charge in [0.2, 0.25) is 0 Å². The van der Waals surface area contributed by atoms with Crippen molar-refractivity contribution < 1.29 is 4.74 Å². The Morgan fingerprint density at radius 1 is 1.54 bits per heavy atom. The van der Waals surface area contributed by atoms with Crippen LogP contribution in [0, 0.1) is 0 Å². The second-order valence-electron chi connectivity index (χ2n) is 3.48. The second-order valence-corrected chi connectivity index (χ2v) is 3.48. The van der Waals surface area contributed by atoms with Crippen LogP contribution < -0.4 is 5.73 Å². The first-order valence-electron chi connectivity index (χ1n) is 4.75. The molecule has 2 heteroatoms. The van der Waals surface area contributed by atoms with Crippen LogP contribution in [0.4, 0.5) is 0 Å². The van der Waals surface area contributed by atoms with Gasteiger partial charge in [0, 0.05) is 0 Å². The minimum atomic E-state index is 0.257. The molecule has 1 atom stereocenters. The lowest BCUT2D eigenvalue weighted by Crippen LogP contribution is -2.05. The molecule has 1 aliphatic rings. The van der Waals surface area contributed by atoms with Crippen LogP contribution in [0.25, 0.3) is 0 Å². The standard InChI is InChI=1S/C11H15NO/c1-8-10-4-2-3-9(5-6-12)11(10)7-13-8/h2-4,8H,5-7,12H2,1H3. The van der Waals surface area contributed by atoms with Gasteiger partial charge >= 0.3 is 0 Å². The molecular formula is C11H15NO. The Morgan fingerprint density at radius 2 is 2.38 bits per heavy atom. The molecule has 1 aromatic carbocycles. The summed E-state index contributed by atoms with van der Waals surface area (Å²) < 4.78 is 5.57. The summed E-state index contributed by atoms with van der Waals surface area (Å²) in [6.07, 6.45) is 1.21. The van der Waals surface area contributed by atoms with Crippen LogP contribution in [0.2, 0.25) is 0 Å². The number of benzene rings is 1. The summed E-state index contributed by atoms with van der Waals surface area (Å²) in [5, 5.41) is 0. The van der Waals surface area contributed by atoms with Crippen LogP contribution in [0.3, 0.4) is 0 Å². The molecule has 0 spiro atoms. The first-order valence-corrected chi connectivity index (χ1v) is 4.75. The van der Waals surface area contributed by atoms with Gasteiger partial charge < -0.3 is 10.5 Å². The zero-order valence-electron chi connectivity index (χ0n) is 7.92. The molecule has 2 rings (SSSR count). The van der Waals surface area contributed by atoms with Crippen molar-refractivity contribution in [1.82, 2.24) is 0 Å². The zero-order valence-corrected chi connectivity index (χ0v) is 7.92. The van der Waals surface area contributed by atoms with E-state index in [2.05, 4.69) is 25.1 Å². The molecule has 13 heavy (non-hydrogen) atoms. The second kappa shape index (κ2) is 3.48. The van der Waals surface area contributed by atoms with Crippen LogP contribution in [0.1, 0.15) is 29.7 Å². The summed E-state index contributed by atoms with van der Waals surface area (Å²) in [6.45, 7) is 3.57. The summed E-state index contributed by atoms with van der Waals surface area (Å²) in [5.41, 5.74) is 9.60. The van der Waals surface area contributed by atoms with E-state index in [0.717, 1.165) is 13.0 Å². The van der Waals surface area contributed by atoms with Crippen LogP contribution >= 0.6 is 0 Å². The lowest BCUT2D eigenvalue weighted by atomic mass is 9.99. The van der Waals surface area contributed by atoms with Gasteiger partial charge in [-0.25, -0.2) is 0 Å². The molecule has 70 valence electrons. The fourth-order valence-electron chi connectivity index (χ4n) is 1.90. The van der Waals surface area contributed by atoms with Crippen molar-refractivity contribution in [3.05, 3.63) is 34.9 Å². The van der Waals surface area contributed by atoms with Crippen molar-refractivity contribution >= 4 is 0 Å². The molecule has 1 heterocycles. The van der Waals surface area contributed by atoms with Gasteiger partial charge in [-0.15, -0.1) is 0 Å². The minimum absolute atomic E-state index is 0.257. The van der Waals surface area contributed by atoms with E-state index in [0.29, 0.717) is 6.54 Å². The predicted octanol–water partition coefficient (Wildman–Crippen LogP) is 1.78. The SMILES string of the molecule is CC1OCc2c(CCN)cccc21. The lowest BCUT2D eigenvalue weighted by molar-refractivity contribution is 0.0794. The summed E-state index contributed by atoms with van der Waals surface area (Å²) in [4.78, 5) is 0. The van der Waals surface area contributed by atoms with Gasteiger partial charge in [-0.3, -0.25) is 0 Å². The monoisotopic (exact) mass is 177 g/mol. The topological polar surface area (TPSA) is 35.2 Å². The third kappa shape index (κ3) is 1.47. The van der Waals surface area contributed by atoms with Crippen molar-refractivity contribution in [2.45, 2.75) is 26.1 Å². The van der Waals surface area contributed by atoms with Gasteiger partial charge in [-0.1, -0.05) is 18.2 Å². The first kappa shape index (κ1) is 8.73. The maximum absolute atomic E-state index is 5.57. The van der Waals surface area contributed by atoms with Crippen molar-refractivity contribution in [3.63, 3.8) is 0 Å². The summed E-state index contributed by atoms with van der Waals surface area (Å²) >= 11 is 0. The molecule has 1 aromatic rings. The van der Waals surface area contributed by atoms with E-state index in [1.807, 2.05) is 0 Å². The quantitative estimate of drug-likeness (QED) is 0.747. The van der Waals surface area contributed by atoms with Crippen molar-refractivity contribution in [2.24, 2.45) is 5.73 Å². The van der Waals surface area contributed by atoms with Crippen molar-refractivity contribution in [2.75, 3.05) is 6.54 Å². The summed E-state index contributed by atoms with van der Waals surface area (Å²) in [5.74, 6) is 0. The van der Waals surface area contributed by atoms with Gasteiger partial charge in [0.1, 0.15) is 0 Å². The third-order valence-corrected chi connectivity index (χ3v) is 2.64. The molecule has 0 amide bonds. The largest absolute Gasteiger partial charge is 0.369 e. The van der Waals surface area contributed by atoms with Crippen LogP contribution in [0.15, 0.2) is 18.2 Å². The normalized spacial score (nSPS) is 20.3. The van der Waals surface area contributed by atoms with Gasteiger partial charge in [-0.05, 0) is 36.6 Å². The third-order valence-electron chi connectivity index (χ3n) is 2.64. The summed E-state index contributed by atoms with van der Waals surface area (Å²) in [6, 6.07) is 6.38. The van der Waals surface area contributed by atoms with Gasteiger partial charge in [0.05, 0.1) is 12.7 Å². The highest BCUT2D eigenvalue weighted by Gasteiger charge is 2.20. The zero-order chi connectivity index (χ0) is 9.26. The number of fused-ring (bicyclic) bond motifs is 1. The number of hydrogen-bond acceptors (Lipinski definition) is 2. The number of rotatable bonds is 2. The molecule has 0 fully saturated rings. The Balaban J connectivity index is 2.38. The maximum Gasteiger partial charge on any atom is 0.0805 e. The van der Waals surface area contributed by atoms with Crippen molar-refractivity contribution in [3.8, 4) is 0 Å². The lowest BCUT2D eigenvalue weighted by Gasteiger charge is -2.06. The Bertz CT molecular complexity index is 309. The highest BCUT2D eigenvalue weighted by Crippen LogP contribution is 2.32. The highest BCUT2D eigenvalue weighted by atomic mass is 16.5. The predicted molar refractivity (Wildman–Crippen MR) is 52.4 cm³/mol. The van der Waals surface area contributed by atoms with Gasteiger partial charge in [-0.2, -0.15) is 0 Å². The number of hydrogen-bond donors (Lipinski definition) is 1. The van der Waals surface area contributed by atoms with E-state index in [-0.39, 0.29) is 6.10 Å². The molecule has 1 unspecified atom stereocenters. The van der Waals surface area contributed by atoms with Gasteiger partial charge in [0.25, 0.3) is 0 Å². The molecule has 0 saturated carbocycles. The van der Waals surface area contributed by atoms with Gasteiger partial charge in [0.15, 0.2) is 0 Å². The molecule has 0 saturated heterocycles. The van der Waals surface area contributed by atoms with E-state index in [1.165, 1.54) is 16.7 Å². The molecule has 1 aliphatic heterocycles. The fourth-order valence-corrected chi connectivity index (χ4v) is 1.90. The molecule has 0 aliphatic carbocycles. The summed E-state index contributed by atoms with van der Waals surface area (Å²) in [7, 11) is 0. The first-order chi connectivity index (χ1) is 6.33. The Kier molecular flexibility index (Phi) is 2.34. The van der Waals surface area contributed by atoms with E-state index >= 15 is 0 Å². The molecule has 0 radical (unpaired) electrons. The Hall–Kier alpha value is -0.860. The molecule has 0 bridgehead atoms. The minimum Gasteiger partial charge on any atom is -0.369 e. The average Bonchev–Trinajstić information content (AvgIpc) is 2.50. The highest BCUT2D eigenvalue weighted by molar-refractivity contribution is 5.38. The molecule has 2 N–H and O–H groups in total. The van der Waals surface area contributed by atoms with E-state index in [9.17, 15) is 0 Å².